The second kappa shape index (κ2) is 5.31. The first-order valence-corrected chi connectivity index (χ1v) is 7.84. The van der Waals surface area contributed by atoms with Crippen LogP contribution in [0.1, 0.15) is 12.8 Å². The molecule has 0 radical (unpaired) electrons. The van der Waals surface area contributed by atoms with Gasteiger partial charge in [0.25, 0.3) is 0 Å². The standard InChI is InChI=1S/C16H21N3O2/c20-16-19(14-3-1-2-4-15(14)21-16)11-12-5-6-13-9-17-7-8-18(13)10-12/h1-4,12-13,17H,5-11H2. The van der Waals surface area contributed by atoms with Gasteiger partial charge in [-0.2, -0.15) is 0 Å². The van der Waals surface area contributed by atoms with Crippen LogP contribution in [0.2, 0.25) is 0 Å². The first-order valence-electron chi connectivity index (χ1n) is 7.84. The van der Waals surface area contributed by atoms with E-state index >= 15 is 0 Å². The molecule has 0 bridgehead atoms. The van der Waals surface area contributed by atoms with Gasteiger partial charge in [-0.15, -0.1) is 0 Å². The van der Waals surface area contributed by atoms with E-state index in [0.717, 1.165) is 38.2 Å². The molecule has 2 aromatic rings. The van der Waals surface area contributed by atoms with Gasteiger partial charge in [-0.05, 0) is 30.9 Å². The summed E-state index contributed by atoms with van der Waals surface area (Å²) in [5.74, 6) is 0.316. The molecule has 1 aromatic carbocycles. The Morgan fingerprint density at radius 2 is 2.19 bits per heavy atom. The third-order valence-electron chi connectivity index (χ3n) is 4.89. The summed E-state index contributed by atoms with van der Waals surface area (Å²) in [6.45, 7) is 5.19. The summed E-state index contributed by atoms with van der Waals surface area (Å²) >= 11 is 0. The van der Waals surface area contributed by atoms with E-state index in [2.05, 4.69) is 10.2 Å². The van der Waals surface area contributed by atoms with Crippen LogP contribution in [0.3, 0.4) is 0 Å². The van der Waals surface area contributed by atoms with Crippen LogP contribution in [0.4, 0.5) is 0 Å². The number of piperidine rings is 1. The molecule has 2 aliphatic heterocycles. The molecule has 0 spiro atoms. The van der Waals surface area contributed by atoms with Crippen LogP contribution < -0.4 is 11.1 Å². The van der Waals surface area contributed by atoms with Gasteiger partial charge in [-0.3, -0.25) is 9.47 Å². The van der Waals surface area contributed by atoms with Gasteiger partial charge in [0.15, 0.2) is 5.58 Å². The fraction of sp³-hybridized carbons (Fsp3) is 0.562. The van der Waals surface area contributed by atoms with Crippen LogP contribution in [0.15, 0.2) is 33.5 Å². The molecule has 2 aliphatic rings. The Morgan fingerprint density at radius 1 is 1.29 bits per heavy atom. The number of piperazine rings is 1. The number of oxazole rings is 1. The van der Waals surface area contributed by atoms with E-state index in [4.69, 9.17) is 4.42 Å². The topological polar surface area (TPSA) is 50.4 Å². The summed E-state index contributed by atoms with van der Waals surface area (Å²) in [5, 5.41) is 3.47. The lowest BCUT2D eigenvalue weighted by molar-refractivity contribution is 0.0789. The third-order valence-corrected chi connectivity index (χ3v) is 4.89. The van der Waals surface area contributed by atoms with Crippen molar-refractivity contribution in [3.8, 4) is 0 Å². The number of benzene rings is 1. The summed E-state index contributed by atoms with van der Waals surface area (Å²) < 4.78 is 7.14. The quantitative estimate of drug-likeness (QED) is 0.904. The molecule has 21 heavy (non-hydrogen) atoms. The van der Waals surface area contributed by atoms with Crippen LogP contribution in [0.25, 0.3) is 11.1 Å². The second-order valence-corrected chi connectivity index (χ2v) is 6.24. The number of fused-ring (bicyclic) bond motifs is 2. The molecule has 1 N–H and O–H groups in total. The van der Waals surface area contributed by atoms with Gasteiger partial charge in [0, 0.05) is 38.8 Å². The fourth-order valence-electron chi connectivity index (χ4n) is 3.77. The van der Waals surface area contributed by atoms with Crippen LogP contribution in [0, 0.1) is 5.92 Å². The monoisotopic (exact) mass is 287 g/mol. The van der Waals surface area contributed by atoms with Gasteiger partial charge in [0.05, 0.1) is 5.52 Å². The summed E-state index contributed by atoms with van der Waals surface area (Å²) in [7, 11) is 0. The van der Waals surface area contributed by atoms with Crippen molar-refractivity contribution in [1.82, 2.24) is 14.8 Å². The van der Waals surface area contributed by atoms with Crippen molar-refractivity contribution in [2.75, 3.05) is 26.2 Å². The van der Waals surface area contributed by atoms with E-state index in [0.29, 0.717) is 17.5 Å². The predicted octanol–water partition coefficient (Wildman–Crippen LogP) is 1.28. The Kier molecular flexibility index (Phi) is 3.31. The zero-order valence-electron chi connectivity index (χ0n) is 12.1. The Bertz CT molecular complexity index is 690. The lowest BCUT2D eigenvalue weighted by Crippen LogP contribution is -2.55. The zero-order valence-corrected chi connectivity index (χ0v) is 12.1. The van der Waals surface area contributed by atoms with Crippen molar-refractivity contribution in [2.45, 2.75) is 25.4 Å². The Labute approximate surface area is 123 Å². The number of hydrogen-bond acceptors (Lipinski definition) is 4. The van der Waals surface area contributed by atoms with Crippen LogP contribution in [-0.4, -0.2) is 41.7 Å². The predicted molar refractivity (Wildman–Crippen MR) is 81.4 cm³/mol. The normalized spacial score (nSPS) is 26.9. The molecule has 2 atom stereocenters. The highest BCUT2D eigenvalue weighted by Gasteiger charge is 2.30. The van der Waals surface area contributed by atoms with Gasteiger partial charge in [0.1, 0.15) is 0 Å². The van der Waals surface area contributed by atoms with Crippen LogP contribution in [-0.2, 0) is 6.54 Å². The highest BCUT2D eigenvalue weighted by Crippen LogP contribution is 2.25. The van der Waals surface area contributed by atoms with E-state index in [1.807, 2.05) is 28.8 Å². The van der Waals surface area contributed by atoms with E-state index in [9.17, 15) is 4.79 Å². The van der Waals surface area contributed by atoms with E-state index < -0.39 is 0 Å². The van der Waals surface area contributed by atoms with Crippen molar-refractivity contribution in [3.63, 3.8) is 0 Å². The lowest BCUT2D eigenvalue weighted by atomic mass is 9.91. The Morgan fingerprint density at radius 3 is 3.14 bits per heavy atom. The smallest absolute Gasteiger partial charge is 0.408 e. The average Bonchev–Trinajstić information content (AvgIpc) is 2.83. The van der Waals surface area contributed by atoms with Gasteiger partial charge in [-0.1, -0.05) is 12.1 Å². The van der Waals surface area contributed by atoms with Crippen LogP contribution >= 0.6 is 0 Å². The average molecular weight is 287 g/mol. The van der Waals surface area contributed by atoms with Crippen molar-refractivity contribution in [2.24, 2.45) is 5.92 Å². The number of hydrogen-bond donors (Lipinski definition) is 1. The van der Waals surface area contributed by atoms with Crippen LogP contribution in [0.5, 0.6) is 0 Å². The zero-order chi connectivity index (χ0) is 14.2. The molecule has 5 nitrogen and oxygen atoms in total. The van der Waals surface area contributed by atoms with Gasteiger partial charge < -0.3 is 9.73 Å². The van der Waals surface area contributed by atoms with Crippen molar-refractivity contribution in [1.29, 1.82) is 0 Å². The molecule has 1 aromatic heterocycles. The highest BCUT2D eigenvalue weighted by molar-refractivity contribution is 5.72. The first-order chi connectivity index (χ1) is 10.3. The Balaban J connectivity index is 1.55. The van der Waals surface area contributed by atoms with E-state index in [1.165, 1.54) is 12.8 Å². The number of nitrogens with zero attached hydrogens (tertiary/aromatic N) is 2. The van der Waals surface area contributed by atoms with Crippen molar-refractivity contribution < 1.29 is 4.42 Å². The summed E-state index contributed by atoms with van der Waals surface area (Å²) in [5.41, 5.74) is 1.61. The number of rotatable bonds is 2. The maximum absolute atomic E-state index is 12.1. The lowest BCUT2D eigenvalue weighted by Gasteiger charge is -2.42. The molecule has 0 saturated carbocycles. The summed E-state index contributed by atoms with van der Waals surface area (Å²) in [4.78, 5) is 14.6. The molecule has 2 fully saturated rings. The second-order valence-electron chi connectivity index (χ2n) is 6.24. The minimum absolute atomic E-state index is 0.223. The van der Waals surface area contributed by atoms with Crippen molar-refractivity contribution in [3.05, 3.63) is 34.8 Å². The molecular formula is C16H21N3O2. The Hall–Kier alpha value is -1.59. The fourth-order valence-corrected chi connectivity index (χ4v) is 3.77. The number of nitrogens with one attached hydrogen (secondary N) is 1. The minimum Gasteiger partial charge on any atom is -0.408 e. The molecule has 2 saturated heterocycles. The molecule has 4 rings (SSSR count). The summed E-state index contributed by atoms with van der Waals surface area (Å²) in [6, 6.07) is 8.38. The number of para-hydroxylation sites is 2. The molecule has 0 amide bonds. The largest absolute Gasteiger partial charge is 0.419 e. The first kappa shape index (κ1) is 13.1. The molecule has 5 heteroatoms. The third kappa shape index (κ3) is 2.40. The van der Waals surface area contributed by atoms with E-state index in [1.54, 1.807) is 0 Å². The van der Waals surface area contributed by atoms with Crippen molar-refractivity contribution >= 4 is 11.1 Å². The van der Waals surface area contributed by atoms with Gasteiger partial charge >= 0.3 is 5.76 Å². The van der Waals surface area contributed by atoms with Gasteiger partial charge in [-0.25, -0.2) is 4.79 Å². The van der Waals surface area contributed by atoms with E-state index in [-0.39, 0.29) is 5.76 Å². The number of aromatic nitrogens is 1. The highest BCUT2D eigenvalue weighted by atomic mass is 16.4. The maximum Gasteiger partial charge on any atom is 0.419 e. The molecular weight excluding hydrogens is 266 g/mol. The maximum atomic E-state index is 12.1. The molecule has 3 heterocycles. The molecule has 112 valence electrons. The molecule has 2 unspecified atom stereocenters. The minimum atomic E-state index is -0.223. The molecule has 0 aliphatic carbocycles. The summed E-state index contributed by atoms with van der Waals surface area (Å²) in [6.07, 6.45) is 2.41. The van der Waals surface area contributed by atoms with Gasteiger partial charge in [0.2, 0.25) is 0 Å². The SMILES string of the molecule is O=c1oc2ccccc2n1CC1CCC2CNCCN2C1.